The summed E-state index contributed by atoms with van der Waals surface area (Å²) in [6, 6.07) is 13.9. The quantitative estimate of drug-likeness (QED) is 0.653. The molecular weight excluding hydrogens is 360 g/mol. The van der Waals surface area contributed by atoms with Gasteiger partial charge in [0.1, 0.15) is 22.9 Å². The molecular formula is C20H20N4O4. The molecule has 3 rings (SSSR count). The predicted molar refractivity (Wildman–Crippen MR) is 102 cm³/mol. The normalized spacial score (nSPS) is 10.4. The second-order valence-corrected chi connectivity index (χ2v) is 6.04. The molecule has 0 aliphatic rings. The van der Waals surface area contributed by atoms with Crippen LogP contribution < -0.4 is 15.4 Å². The van der Waals surface area contributed by atoms with Crippen molar-refractivity contribution in [3.05, 3.63) is 71.2 Å². The Hall–Kier alpha value is -3.68. The van der Waals surface area contributed by atoms with Gasteiger partial charge in [0.25, 0.3) is 11.8 Å². The van der Waals surface area contributed by atoms with Gasteiger partial charge in [0.15, 0.2) is 5.82 Å². The highest BCUT2D eigenvalue weighted by molar-refractivity contribution is 6.03. The maximum atomic E-state index is 12.3. The van der Waals surface area contributed by atoms with E-state index in [1.54, 1.807) is 32.2 Å². The van der Waals surface area contributed by atoms with Crippen LogP contribution in [0.2, 0.25) is 0 Å². The Morgan fingerprint density at radius 2 is 1.79 bits per heavy atom. The fourth-order valence-electron chi connectivity index (χ4n) is 2.50. The molecule has 0 unspecified atom stereocenters. The van der Waals surface area contributed by atoms with Crippen molar-refractivity contribution in [1.82, 2.24) is 15.5 Å². The Morgan fingerprint density at radius 1 is 1.07 bits per heavy atom. The fourth-order valence-corrected chi connectivity index (χ4v) is 2.50. The van der Waals surface area contributed by atoms with Crippen molar-refractivity contribution in [2.75, 3.05) is 19.0 Å². The summed E-state index contributed by atoms with van der Waals surface area (Å²) in [6.07, 6.45) is 0.668. The molecule has 0 aliphatic heterocycles. The molecule has 28 heavy (non-hydrogen) atoms. The Kier molecular flexibility index (Phi) is 6.01. The van der Waals surface area contributed by atoms with E-state index >= 15 is 0 Å². The first-order chi connectivity index (χ1) is 13.5. The Balaban J connectivity index is 1.56. The number of aromatic nitrogens is 2. The predicted octanol–water partition coefficient (Wildman–Crippen LogP) is 2.61. The van der Waals surface area contributed by atoms with Crippen molar-refractivity contribution in [1.29, 1.82) is 0 Å². The minimum atomic E-state index is -0.471. The van der Waals surface area contributed by atoms with Crippen LogP contribution in [-0.2, 0) is 6.42 Å². The van der Waals surface area contributed by atoms with Gasteiger partial charge in [-0.2, -0.15) is 0 Å². The molecule has 0 aliphatic carbocycles. The number of nitrogens with one attached hydrogen (secondary N) is 2. The number of carbonyl (C=O) groups is 2. The molecule has 8 nitrogen and oxygen atoms in total. The number of nitrogens with zero attached hydrogens (tertiary/aromatic N) is 2. The number of methoxy groups -OCH3 is 1. The van der Waals surface area contributed by atoms with Gasteiger partial charge in [-0.15, -0.1) is 0 Å². The third-order valence-electron chi connectivity index (χ3n) is 3.94. The van der Waals surface area contributed by atoms with E-state index < -0.39 is 5.91 Å². The first-order valence-electron chi connectivity index (χ1n) is 8.68. The summed E-state index contributed by atoms with van der Waals surface area (Å²) >= 11 is 0. The number of ether oxygens (including phenoxy) is 1. The molecule has 0 saturated heterocycles. The zero-order chi connectivity index (χ0) is 19.9. The van der Waals surface area contributed by atoms with Crippen molar-refractivity contribution in [2.24, 2.45) is 0 Å². The maximum Gasteiger partial charge on any atom is 0.275 e. The van der Waals surface area contributed by atoms with Crippen LogP contribution in [0.5, 0.6) is 5.75 Å². The summed E-state index contributed by atoms with van der Waals surface area (Å²) in [7, 11) is 1.61. The number of aryl methyl sites for hydroxylation is 1. The van der Waals surface area contributed by atoms with Crippen molar-refractivity contribution >= 4 is 17.6 Å². The lowest BCUT2D eigenvalue weighted by Gasteiger charge is -2.07. The first kappa shape index (κ1) is 19.1. The highest BCUT2D eigenvalue weighted by atomic mass is 16.5. The standard InChI is InChI=1S/C20H20N4O4/c1-13-12-18(24-28-13)23-20(26)17-5-3-4-16(22-17)19(25)21-11-10-14-6-8-15(27-2)9-7-14/h3-9,12H,10-11H2,1-2H3,(H,21,25)(H,23,24,26). The third-order valence-corrected chi connectivity index (χ3v) is 3.94. The van der Waals surface area contributed by atoms with E-state index in [4.69, 9.17) is 9.26 Å². The average Bonchev–Trinajstić information content (AvgIpc) is 3.13. The Bertz CT molecular complexity index is 966. The van der Waals surface area contributed by atoms with E-state index in [2.05, 4.69) is 20.8 Å². The molecule has 3 aromatic rings. The largest absolute Gasteiger partial charge is 0.497 e. The number of hydrogen-bond donors (Lipinski definition) is 2. The molecule has 0 atom stereocenters. The van der Waals surface area contributed by atoms with E-state index in [9.17, 15) is 9.59 Å². The second kappa shape index (κ2) is 8.81. The molecule has 0 fully saturated rings. The van der Waals surface area contributed by atoms with Crippen LogP contribution in [-0.4, -0.2) is 35.6 Å². The van der Waals surface area contributed by atoms with Gasteiger partial charge in [-0.25, -0.2) is 4.98 Å². The lowest BCUT2D eigenvalue weighted by Crippen LogP contribution is -2.27. The molecule has 2 amide bonds. The van der Waals surface area contributed by atoms with Gasteiger partial charge in [0.2, 0.25) is 0 Å². The molecule has 8 heteroatoms. The van der Waals surface area contributed by atoms with Crippen LogP contribution in [0.3, 0.4) is 0 Å². The number of pyridine rings is 1. The number of amides is 2. The molecule has 2 N–H and O–H groups in total. The van der Waals surface area contributed by atoms with Gasteiger partial charge in [-0.3, -0.25) is 9.59 Å². The van der Waals surface area contributed by atoms with E-state index in [0.717, 1.165) is 11.3 Å². The van der Waals surface area contributed by atoms with E-state index in [1.165, 1.54) is 6.07 Å². The Morgan fingerprint density at radius 3 is 2.43 bits per heavy atom. The van der Waals surface area contributed by atoms with Crippen LogP contribution in [0.1, 0.15) is 32.3 Å². The summed E-state index contributed by atoms with van der Waals surface area (Å²) in [5.41, 5.74) is 1.35. The molecule has 2 heterocycles. The van der Waals surface area contributed by atoms with Gasteiger partial charge in [-0.1, -0.05) is 23.4 Å². The molecule has 0 radical (unpaired) electrons. The van der Waals surface area contributed by atoms with Gasteiger partial charge < -0.3 is 19.9 Å². The number of hydrogen-bond acceptors (Lipinski definition) is 6. The summed E-state index contributed by atoms with van der Waals surface area (Å²) in [5.74, 6) is 0.835. The maximum absolute atomic E-state index is 12.3. The zero-order valence-corrected chi connectivity index (χ0v) is 15.6. The monoisotopic (exact) mass is 380 g/mol. The summed E-state index contributed by atoms with van der Waals surface area (Å²) < 4.78 is 10.0. The molecule has 0 saturated carbocycles. The Labute approximate surface area is 161 Å². The topological polar surface area (TPSA) is 106 Å². The van der Waals surface area contributed by atoms with Crippen molar-refractivity contribution in [3.8, 4) is 5.75 Å². The SMILES string of the molecule is COc1ccc(CCNC(=O)c2cccc(C(=O)Nc3cc(C)on3)n2)cc1. The highest BCUT2D eigenvalue weighted by Crippen LogP contribution is 2.12. The smallest absolute Gasteiger partial charge is 0.275 e. The summed E-state index contributed by atoms with van der Waals surface area (Å²) in [6.45, 7) is 2.17. The second-order valence-electron chi connectivity index (χ2n) is 6.04. The zero-order valence-electron chi connectivity index (χ0n) is 15.6. The van der Waals surface area contributed by atoms with Crippen molar-refractivity contribution in [3.63, 3.8) is 0 Å². The highest BCUT2D eigenvalue weighted by Gasteiger charge is 2.13. The number of benzene rings is 1. The summed E-state index contributed by atoms with van der Waals surface area (Å²) in [5, 5.41) is 9.07. The minimum Gasteiger partial charge on any atom is -0.497 e. The van der Waals surface area contributed by atoms with Crippen LogP contribution in [0.4, 0.5) is 5.82 Å². The van der Waals surface area contributed by atoms with Crippen molar-refractivity contribution in [2.45, 2.75) is 13.3 Å². The molecule has 144 valence electrons. The van der Waals surface area contributed by atoms with Crippen LogP contribution in [0.15, 0.2) is 53.1 Å². The van der Waals surface area contributed by atoms with Crippen LogP contribution in [0, 0.1) is 6.92 Å². The first-order valence-corrected chi connectivity index (χ1v) is 8.68. The van der Waals surface area contributed by atoms with Gasteiger partial charge in [0.05, 0.1) is 7.11 Å². The van der Waals surface area contributed by atoms with Crippen molar-refractivity contribution < 1.29 is 18.8 Å². The van der Waals surface area contributed by atoms with E-state index in [1.807, 2.05) is 24.3 Å². The van der Waals surface area contributed by atoms with Gasteiger partial charge in [0, 0.05) is 12.6 Å². The van der Waals surface area contributed by atoms with E-state index in [-0.39, 0.29) is 17.3 Å². The molecule has 0 spiro atoms. The average molecular weight is 380 g/mol. The van der Waals surface area contributed by atoms with Gasteiger partial charge >= 0.3 is 0 Å². The third kappa shape index (κ3) is 4.94. The number of carbonyl (C=O) groups excluding carboxylic acids is 2. The molecule has 0 bridgehead atoms. The summed E-state index contributed by atoms with van der Waals surface area (Å²) in [4.78, 5) is 28.7. The van der Waals surface area contributed by atoms with Crippen LogP contribution >= 0.6 is 0 Å². The lowest BCUT2D eigenvalue weighted by molar-refractivity contribution is 0.0949. The van der Waals surface area contributed by atoms with Crippen LogP contribution in [0.25, 0.3) is 0 Å². The fraction of sp³-hybridized carbons (Fsp3) is 0.200. The van der Waals surface area contributed by atoms with Gasteiger partial charge in [-0.05, 0) is 43.2 Å². The van der Waals surface area contributed by atoms with E-state index in [0.29, 0.717) is 24.5 Å². The lowest BCUT2D eigenvalue weighted by atomic mass is 10.1. The molecule has 1 aromatic carbocycles. The molecule has 2 aromatic heterocycles. The minimum absolute atomic E-state index is 0.114. The number of rotatable bonds is 7. The number of anilines is 1.